The molecule has 3 aliphatic rings. The first kappa shape index (κ1) is 24.5. The number of anilines is 1. The van der Waals surface area contributed by atoms with E-state index in [0.29, 0.717) is 28.7 Å². The lowest BCUT2D eigenvalue weighted by atomic mass is 9.81. The molecule has 1 aliphatic carbocycles. The van der Waals surface area contributed by atoms with Crippen LogP contribution in [0.3, 0.4) is 0 Å². The number of thiazole rings is 1. The third-order valence-corrected chi connectivity index (χ3v) is 8.54. The van der Waals surface area contributed by atoms with Crippen LogP contribution in [0.4, 0.5) is 5.13 Å². The molecule has 12 heteroatoms. The number of rotatable bonds is 8. The molecule has 4 rings (SSSR count). The number of β-lactam (4-membered cyclic amide) rings is 1. The van der Waals surface area contributed by atoms with Gasteiger partial charge in [0, 0.05) is 23.6 Å². The van der Waals surface area contributed by atoms with E-state index in [0.717, 1.165) is 25.7 Å². The molecule has 184 valence electrons. The number of aliphatic carboxylic acids is 1. The van der Waals surface area contributed by atoms with Gasteiger partial charge < -0.3 is 20.9 Å². The summed E-state index contributed by atoms with van der Waals surface area (Å²) in [5, 5.41) is 14.2. The number of carbonyl (C=O) groups excluding carboxylic acids is 3. The number of nitrogens with zero attached hydrogens (tertiary/aromatic N) is 2. The molecule has 4 N–H and O–H groups in total. The molecule has 0 bridgehead atoms. The SMILES string of the molecule is CC(=O)OCC1=C(C(=O)O)N2C(=O)C(NC(=O)C(CC3CCCCC3)c3csc(N)n3)[C@H]2SC1. The first-order valence-corrected chi connectivity index (χ1v) is 13.2. The van der Waals surface area contributed by atoms with Crippen LogP contribution in [0.25, 0.3) is 0 Å². The molecular formula is C22H28N4O6S2. The molecule has 1 saturated heterocycles. The minimum Gasteiger partial charge on any atom is -0.477 e. The number of ether oxygens (including phenoxy) is 1. The average molecular weight is 509 g/mol. The van der Waals surface area contributed by atoms with Crippen LogP contribution in [-0.4, -0.2) is 62.5 Å². The number of carboxylic acid groups (broad SMARTS) is 1. The zero-order valence-corrected chi connectivity index (χ0v) is 20.5. The summed E-state index contributed by atoms with van der Waals surface area (Å²) in [6.45, 7) is 1.05. The van der Waals surface area contributed by atoms with Gasteiger partial charge in [0.1, 0.15) is 23.7 Å². The fraction of sp³-hybridized carbons (Fsp3) is 0.591. The van der Waals surface area contributed by atoms with Crippen LogP contribution < -0.4 is 11.1 Å². The van der Waals surface area contributed by atoms with Gasteiger partial charge in [-0.25, -0.2) is 9.78 Å². The minimum absolute atomic E-state index is 0.175. The molecule has 1 saturated carbocycles. The number of carboxylic acids is 1. The summed E-state index contributed by atoms with van der Waals surface area (Å²) >= 11 is 2.62. The van der Waals surface area contributed by atoms with Gasteiger partial charge in [0.15, 0.2) is 5.13 Å². The van der Waals surface area contributed by atoms with Crippen molar-refractivity contribution in [2.45, 2.75) is 62.8 Å². The highest BCUT2D eigenvalue weighted by atomic mass is 32.2. The fourth-order valence-electron chi connectivity index (χ4n) is 4.82. The molecule has 2 aliphatic heterocycles. The van der Waals surface area contributed by atoms with E-state index in [2.05, 4.69) is 10.3 Å². The number of amides is 2. The summed E-state index contributed by atoms with van der Waals surface area (Å²) in [6.07, 6.45) is 6.27. The second-order valence-electron chi connectivity index (χ2n) is 8.84. The van der Waals surface area contributed by atoms with Crippen molar-refractivity contribution in [3.63, 3.8) is 0 Å². The molecule has 1 aromatic heterocycles. The van der Waals surface area contributed by atoms with Crippen LogP contribution in [0, 0.1) is 5.92 Å². The number of nitrogen functional groups attached to an aromatic ring is 1. The number of nitrogens with one attached hydrogen (secondary N) is 1. The van der Waals surface area contributed by atoms with Crippen molar-refractivity contribution in [2.75, 3.05) is 18.1 Å². The minimum atomic E-state index is -1.27. The Balaban J connectivity index is 1.48. The molecule has 0 aromatic carbocycles. The smallest absolute Gasteiger partial charge is 0.352 e. The van der Waals surface area contributed by atoms with E-state index >= 15 is 0 Å². The number of thioether (sulfide) groups is 1. The van der Waals surface area contributed by atoms with E-state index in [1.807, 2.05) is 0 Å². The maximum Gasteiger partial charge on any atom is 0.352 e. The van der Waals surface area contributed by atoms with Gasteiger partial charge in [0.25, 0.3) is 5.91 Å². The summed E-state index contributed by atoms with van der Waals surface area (Å²) in [7, 11) is 0. The maximum atomic E-state index is 13.4. The lowest BCUT2D eigenvalue weighted by Crippen LogP contribution is -2.71. The zero-order chi connectivity index (χ0) is 24.4. The van der Waals surface area contributed by atoms with Crippen molar-refractivity contribution in [1.82, 2.24) is 15.2 Å². The highest BCUT2D eigenvalue weighted by molar-refractivity contribution is 8.00. The van der Waals surface area contributed by atoms with Crippen LogP contribution in [-0.2, 0) is 23.9 Å². The number of nitrogens with two attached hydrogens (primary N) is 1. The summed E-state index contributed by atoms with van der Waals surface area (Å²) in [6, 6.07) is -0.827. The summed E-state index contributed by atoms with van der Waals surface area (Å²) < 4.78 is 4.95. The second kappa shape index (κ2) is 10.3. The molecule has 10 nitrogen and oxygen atoms in total. The standard InChI is InChI=1S/C22H28N4O6S2/c1-11(27)32-8-13-9-33-20-16(19(29)26(20)17(13)21(30)31)25-18(28)14(15-10-34-22(23)24-15)7-12-5-3-2-4-6-12/h10,12,14,16,20H,2-9H2,1H3,(H2,23,24)(H,25,28)(H,30,31)/t14?,16?,20-/m1/s1. The van der Waals surface area contributed by atoms with E-state index in [1.165, 1.54) is 41.3 Å². The van der Waals surface area contributed by atoms with Gasteiger partial charge in [-0.15, -0.1) is 23.1 Å². The maximum absolute atomic E-state index is 13.4. The summed E-state index contributed by atoms with van der Waals surface area (Å²) in [5.74, 6) is -2.39. The Bertz CT molecular complexity index is 1020. The molecule has 1 aromatic rings. The molecule has 2 fully saturated rings. The van der Waals surface area contributed by atoms with Crippen LogP contribution in [0.1, 0.15) is 57.1 Å². The van der Waals surface area contributed by atoms with E-state index in [4.69, 9.17) is 10.5 Å². The van der Waals surface area contributed by atoms with Crippen LogP contribution in [0.2, 0.25) is 0 Å². The van der Waals surface area contributed by atoms with Gasteiger partial charge >= 0.3 is 11.9 Å². The lowest BCUT2D eigenvalue weighted by molar-refractivity contribution is -0.151. The highest BCUT2D eigenvalue weighted by Gasteiger charge is 2.54. The molecule has 3 heterocycles. The average Bonchev–Trinajstić information content (AvgIpc) is 3.25. The van der Waals surface area contributed by atoms with Gasteiger partial charge in [-0.3, -0.25) is 19.3 Å². The highest BCUT2D eigenvalue weighted by Crippen LogP contribution is 2.41. The Morgan fingerprint density at radius 2 is 2.06 bits per heavy atom. The van der Waals surface area contributed by atoms with Gasteiger partial charge in [0.2, 0.25) is 5.91 Å². The number of carbonyl (C=O) groups is 4. The number of hydrogen-bond acceptors (Lipinski definition) is 9. The first-order valence-electron chi connectivity index (χ1n) is 11.3. The largest absolute Gasteiger partial charge is 0.477 e. The van der Waals surface area contributed by atoms with Gasteiger partial charge in [0.05, 0.1) is 11.6 Å². The van der Waals surface area contributed by atoms with Crippen molar-refractivity contribution in [1.29, 1.82) is 0 Å². The van der Waals surface area contributed by atoms with Crippen LogP contribution >= 0.6 is 23.1 Å². The van der Waals surface area contributed by atoms with Gasteiger partial charge in [-0.2, -0.15) is 0 Å². The van der Waals surface area contributed by atoms with Crippen molar-refractivity contribution in [2.24, 2.45) is 5.92 Å². The molecular weight excluding hydrogens is 480 g/mol. The van der Waals surface area contributed by atoms with E-state index < -0.39 is 35.2 Å². The molecule has 2 amide bonds. The fourth-order valence-corrected chi connectivity index (χ4v) is 6.76. The molecule has 3 atom stereocenters. The number of esters is 1. The van der Waals surface area contributed by atoms with E-state index in [1.54, 1.807) is 5.38 Å². The first-order chi connectivity index (χ1) is 16.3. The topological polar surface area (TPSA) is 152 Å². The summed E-state index contributed by atoms with van der Waals surface area (Å²) in [4.78, 5) is 54.8. The third-order valence-electron chi connectivity index (χ3n) is 6.50. The Morgan fingerprint density at radius 3 is 2.68 bits per heavy atom. The lowest BCUT2D eigenvalue weighted by Gasteiger charge is -2.49. The number of aromatic nitrogens is 1. The normalized spacial score (nSPS) is 23.7. The predicted octanol–water partition coefficient (Wildman–Crippen LogP) is 2.08. The van der Waals surface area contributed by atoms with Crippen molar-refractivity contribution < 1.29 is 29.0 Å². The quantitative estimate of drug-likeness (QED) is 0.354. The van der Waals surface area contributed by atoms with Crippen molar-refractivity contribution >= 4 is 52.0 Å². The summed E-state index contributed by atoms with van der Waals surface area (Å²) in [5.41, 5.74) is 6.61. The number of fused-ring (bicyclic) bond motifs is 1. The predicted molar refractivity (Wildman–Crippen MR) is 127 cm³/mol. The van der Waals surface area contributed by atoms with Crippen LogP contribution in [0.15, 0.2) is 16.7 Å². The van der Waals surface area contributed by atoms with E-state index in [-0.39, 0.29) is 24.0 Å². The van der Waals surface area contributed by atoms with Crippen LogP contribution in [0.5, 0.6) is 0 Å². The van der Waals surface area contributed by atoms with E-state index in [9.17, 15) is 24.3 Å². The third kappa shape index (κ3) is 5.07. The number of hydrogen-bond donors (Lipinski definition) is 3. The zero-order valence-electron chi connectivity index (χ0n) is 18.8. The second-order valence-corrected chi connectivity index (χ2v) is 10.8. The molecule has 2 unspecified atom stereocenters. The van der Waals surface area contributed by atoms with Crippen molar-refractivity contribution in [3.05, 3.63) is 22.3 Å². The van der Waals surface area contributed by atoms with Crippen molar-refractivity contribution in [3.8, 4) is 0 Å². The monoisotopic (exact) mass is 508 g/mol. The molecule has 34 heavy (non-hydrogen) atoms. The molecule has 0 radical (unpaired) electrons. The Morgan fingerprint density at radius 1 is 1.32 bits per heavy atom. The Labute approximate surface area is 205 Å². The van der Waals surface area contributed by atoms with Gasteiger partial charge in [-0.1, -0.05) is 32.1 Å². The Hall–Kier alpha value is -2.60. The molecule has 0 spiro atoms. The Kier molecular flexibility index (Phi) is 7.46. The van der Waals surface area contributed by atoms with Gasteiger partial charge in [-0.05, 0) is 12.3 Å².